The maximum absolute atomic E-state index is 13.0. The predicted octanol–water partition coefficient (Wildman–Crippen LogP) is 1.01. The van der Waals surface area contributed by atoms with Gasteiger partial charge in [0.1, 0.15) is 0 Å². The van der Waals surface area contributed by atoms with E-state index in [1.54, 1.807) is 4.90 Å². The molecule has 10 heteroatoms. The molecule has 0 unspecified atom stereocenters. The van der Waals surface area contributed by atoms with Gasteiger partial charge in [-0.25, -0.2) is 21.6 Å². The van der Waals surface area contributed by atoms with Crippen molar-refractivity contribution in [2.24, 2.45) is 5.92 Å². The second-order valence-corrected chi connectivity index (χ2v) is 11.3. The highest BCUT2D eigenvalue weighted by molar-refractivity contribution is 7.89. The van der Waals surface area contributed by atoms with E-state index in [9.17, 15) is 21.6 Å². The van der Waals surface area contributed by atoms with E-state index in [4.69, 9.17) is 0 Å². The Morgan fingerprint density at radius 3 is 2.14 bits per heavy atom. The highest BCUT2D eigenvalue weighted by Crippen LogP contribution is 2.24. The van der Waals surface area contributed by atoms with Crippen molar-refractivity contribution in [1.29, 1.82) is 0 Å². The van der Waals surface area contributed by atoms with Crippen LogP contribution in [0, 0.1) is 5.92 Å². The van der Waals surface area contributed by atoms with Gasteiger partial charge in [0.25, 0.3) is 0 Å². The molecular formula is C18H27N3O5S2. The van der Waals surface area contributed by atoms with E-state index < -0.39 is 20.0 Å². The van der Waals surface area contributed by atoms with Crippen molar-refractivity contribution < 1.29 is 21.6 Å². The summed E-state index contributed by atoms with van der Waals surface area (Å²) >= 11 is 0. The van der Waals surface area contributed by atoms with E-state index in [1.165, 1.54) is 28.6 Å². The maximum Gasteiger partial charge on any atom is 0.243 e. The number of hydrogen-bond acceptors (Lipinski definition) is 5. The molecule has 1 aliphatic heterocycles. The first-order valence-corrected chi connectivity index (χ1v) is 12.4. The molecule has 2 aliphatic rings. The van der Waals surface area contributed by atoms with Crippen LogP contribution in [0.3, 0.4) is 0 Å². The van der Waals surface area contributed by atoms with Crippen molar-refractivity contribution in [2.45, 2.75) is 48.9 Å². The van der Waals surface area contributed by atoms with Crippen molar-refractivity contribution in [3.05, 3.63) is 24.3 Å². The number of rotatable bonds is 6. The largest absolute Gasteiger partial charge is 0.341 e. The summed E-state index contributed by atoms with van der Waals surface area (Å²) in [6.45, 7) is 5.10. The predicted molar refractivity (Wildman–Crippen MR) is 105 cm³/mol. The molecule has 2 fully saturated rings. The molecule has 1 saturated heterocycles. The second kappa shape index (κ2) is 8.10. The van der Waals surface area contributed by atoms with Crippen molar-refractivity contribution in [3.63, 3.8) is 0 Å². The highest BCUT2D eigenvalue weighted by atomic mass is 32.2. The number of nitrogens with zero attached hydrogens (tertiary/aromatic N) is 2. The Kier molecular flexibility index (Phi) is 6.14. The van der Waals surface area contributed by atoms with Gasteiger partial charge in [-0.15, -0.1) is 0 Å². The Hall–Kier alpha value is -1.49. The quantitative estimate of drug-likeness (QED) is 0.727. The number of carbonyl (C=O) groups excluding carboxylic acids is 1. The first-order valence-electron chi connectivity index (χ1n) is 9.52. The first-order chi connectivity index (χ1) is 13.1. The van der Waals surface area contributed by atoms with Gasteiger partial charge in [0, 0.05) is 38.1 Å². The molecule has 1 N–H and O–H groups in total. The third-order valence-electron chi connectivity index (χ3n) is 4.93. The van der Waals surface area contributed by atoms with Crippen LogP contribution in [0.2, 0.25) is 0 Å². The molecule has 1 aromatic rings. The molecule has 1 heterocycles. The van der Waals surface area contributed by atoms with E-state index in [0.29, 0.717) is 26.1 Å². The number of nitrogens with one attached hydrogen (secondary N) is 1. The van der Waals surface area contributed by atoms with E-state index in [1.807, 2.05) is 13.8 Å². The van der Waals surface area contributed by atoms with E-state index in [0.717, 1.165) is 12.8 Å². The first kappa shape index (κ1) is 21.2. The van der Waals surface area contributed by atoms with E-state index in [2.05, 4.69) is 4.72 Å². The summed E-state index contributed by atoms with van der Waals surface area (Å²) < 4.78 is 54.3. The van der Waals surface area contributed by atoms with Crippen LogP contribution in [0.4, 0.5) is 0 Å². The van der Waals surface area contributed by atoms with Gasteiger partial charge in [0.2, 0.25) is 26.0 Å². The molecule has 0 aromatic heterocycles. The lowest BCUT2D eigenvalue weighted by atomic mass is 10.2. The SMILES string of the molecule is CC(C)C(=O)N1CCCN(S(=O)(=O)c2ccc(S(=O)(=O)NC3CC3)cc2)CC1. The third kappa shape index (κ3) is 4.73. The van der Waals surface area contributed by atoms with Gasteiger partial charge in [0.15, 0.2) is 0 Å². The molecule has 0 radical (unpaired) electrons. The summed E-state index contributed by atoms with van der Waals surface area (Å²) in [5.74, 6) is -0.0983. The Bertz CT molecular complexity index is 922. The summed E-state index contributed by atoms with van der Waals surface area (Å²) in [4.78, 5) is 14.0. The fourth-order valence-electron chi connectivity index (χ4n) is 3.15. The summed E-state index contributed by atoms with van der Waals surface area (Å²) in [5.41, 5.74) is 0. The Labute approximate surface area is 167 Å². The molecule has 1 aliphatic carbocycles. The molecule has 156 valence electrons. The fourth-order valence-corrected chi connectivity index (χ4v) is 5.92. The van der Waals surface area contributed by atoms with Gasteiger partial charge >= 0.3 is 0 Å². The van der Waals surface area contributed by atoms with Crippen LogP contribution in [0.1, 0.15) is 33.1 Å². The molecule has 8 nitrogen and oxygen atoms in total. The van der Waals surface area contributed by atoms with Gasteiger partial charge in [-0.05, 0) is 43.5 Å². The summed E-state index contributed by atoms with van der Waals surface area (Å²) in [6, 6.07) is 5.30. The Morgan fingerprint density at radius 1 is 0.964 bits per heavy atom. The van der Waals surface area contributed by atoms with Gasteiger partial charge in [-0.1, -0.05) is 13.8 Å². The van der Waals surface area contributed by atoms with Crippen molar-refractivity contribution in [3.8, 4) is 0 Å². The summed E-state index contributed by atoms with van der Waals surface area (Å²) in [5, 5.41) is 0. The fraction of sp³-hybridized carbons (Fsp3) is 0.611. The normalized spacial score (nSPS) is 19.6. The van der Waals surface area contributed by atoms with E-state index in [-0.39, 0.29) is 34.2 Å². The Morgan fingerprint density at radius 2 is 1.57 bits per heavy atom. The van der Waals surface area contributed by atoms with Gasteiger partial charge in [-0.2, -0.15) is 4.31 Å². The number of carbonyl (C=O) groups is 1. The smallest absolute Gasteiger partial charge is 0.243 e. The number of benzene rings is 1. The lowest BCUT2D eigenvalue weighted by molar-refractivity contribution is -0.134. The second-order valence-electron chi connectivity index (χ2n) is 7.60. The average molecular weight is 430 g/mol. The van der Waals surface area contributed by atoms with Gasteiger partial charge in [-0.3, -0.25) is 4.79 Å². The maximum atomic E-state index is 13.0. The standard InChI is InChI=1S/C18H27N3O5S2/c1-14(2)18(22)20-10-3-11-21(13-12-20)28(25,26)17-8-6-16(7-9-17)27(23,24)19-15-4-5-15/h6-9,14-15,19H,3-5,10-13H2,1-2H3. The van der Waals surface area contributed by atoms with Crippen LogP contribution in [0.25, 0.3) is 0 Å². The zero-order valence-electron chi connectivity index (χ0n) is 16.2. The van der Waals surface area contributed by atoms with Gasteiger partial charge < -0.3 is 4.90 Å². The Balaban J connectivity index is 1.72. The molecule has 1 saturated carbocycles. The molecule has 1 aromatic carbocycles. The minimum absolute atomic E-state index is 0.0120. The molecule has 28 heavy (non-hydrogen) atoms. The molecular weight excluding hydrogens is 402 g/mol. The zero-order chi connectivity index (χ0) is 20.5. The van der Waals surface area contributed by atoms with Crippen molar-refractivity contribution in [1.82, 2.24) is 13.9 Å². The van der Waals surface area contributed by atoms with Crippen molar-refractivity contribution >= 4 is 26.0 Å². The van der Waals surface area contributed by atoms with Crippen LogP contribution in [0.15, 0.2) is 34.1 Å². The van der Waals surface area contributed by atoms with Gasteiger partial charge in [0.05, 0.1) is 9.79 Å². The summed E-state index contributed by atoms with van der Waals surface area (Å²) in [7, 11) is -7.37. The average Bonchev–Trinajstić information content (AvgIpc) is 3.47. The minimum atomic E-state index is -3.75. The van der Waals surface area contributed by atoms with Crippen LogP contribution in [-0.4, -0.2) is 64.2 Å². The molecule has 0 bridgehead atoms. The summed E-state index contributed by atoms with van der Waals surface area (Å²) in [6.07, 6.45) is 2.23. The number of hydrogen-bond donors (Lipinski definition) is 1. The lowest BCUT2D eigenvalue weighted by Crippen LogP contribution is -2.38. The van der Waals surface area contributed by atoms with Crippen molar-refractivity contribution in [2.75, 3.05) is 26.2 Å². The zero-order valence-corrected chi connectivity index (χ0v) is 17.8. The molecule has 0 atom stereocenters. The monoisotopic (exact) mass is 429 g/mol. The van der Waals surface area contributed by atoms with E-state index >= 15 is 0 Å². The van der Waals surface area contributed by atoms with Crippen LogP contribution >= 0.6 is 0 Å². The lowest BCUT2D eigenvalue weighted by Gasteiger charge is -2.23. The number of sulfonamides is 2. The van der Waals surface area contributed by atoms with Crippen LogP contribution < -0.4 is 4.72 Å². The number of amides is 1. The molecule has 3 rings (SSSR count). The van der Waals surface area contributed by atoms with Crippen LogP contribution in [0.5, 0.6) is 0 Å². The van der Waals surface area contributed by atoms with Crippen LogP contribution in [-0.2, 0) is 24.8 Å². The highest BCUT2D eigenvalue weighted by Gasteiger charge is 2.30. The molecule has 1 amide bonds. The molecule has 0 spiro atoms. The third-order valence-corrected chi connectivity index (χ3v) is 8.38. The minimum Gasteiger partial charge on any atom is -0.341 e. The topological polar surface area (TPSA) is 104 Å².